The summed E-state index contributed by atoms with van der Waals surface area (Å²) in [5, 5.41) is 0. The first kappa shape index (κ1) is 11.4. The van der Waals surface area contributed by atoms with Crippen LogP contribution in [0.5, 0.6) is 0 Å². The average molecular weight is 211 g/mol. The van der Waals surface area contributed by atoms with E-state index in [0.717, 1.165) is 16.9 Å². The number of aryl methyl sites for hydroxylation is 1. The van der Waals surface area contributed by atoms with Gasteiger partial charge in [-0.15, -0.1) is 0 Å². The number of hydrogen-bond acceptors (Lipinski definition) is 2. The average Bonchev–Trinajstić information content (AvgIpc) is 2.14. The molecule has 0 heterocycles. The summed E-state index contributed by atoms with van der Waals surface area (Å²) < 4.78 is 11.8. The van der Waals surface area contributed by atoms with Crippen LogP contribution in [0, 0.1) is 6.92 Å². The maximum Gasteiger partial charge on any atom is 0.0530 e. The van der Waals surface area contributed by atoms with Crippen molar-refractivity contribution in [3.63, 3.8) is 0 Å². The molecule has 2 N–H and O–H groups in total. The molecule has 0 saturated carbocycles. The number of hydrogen-bond donors (Lipinski definition) is 1. The zero-order valence-electron chi connectivity index (χ0n) is 8.69. The fourth-order valence-corrected chi connectivity index (χ4v) is 2.54. The third-order valence-electron chi connectivity index (χ3n) is 2.01. The van der Waals surface area contributed by atoms with Gasteiger partial charge >= 0.3 is 0 Å². The van der Waals surface area contributed by atoms with Crippen LogP contribution in [0.2, 0.25) is 0 Å². The van der Waals surface area contributed by atoms with E-state index in [2.05, 4.69) is 0 Å². The molecule has 0 aliphatic rings. The Morgan fingerprint density at radius 1 is 1.50 bits per heavy atom. The van der Waals surface area contributed by atoms with Gasteiger partial charge in [0.1, 0.15) is 0 Å². The molecule has 78 valence electrons. The molecule has 1 rings (SSSR count). The van der Waals surface area contributed by atoms with Crippen molar-refractivity contribution < 1.29 is 4.21 Å². The predicted octanol–water partition coefficient (Wildman–Crippen LogP) is 1.84. The Morgan fingerprint density at radius 3 is 2.79 bits per heavy atom. The number of nitrogens with two attached hydrogens (primary N) is 1. The van der Waals surface area contributed by atoms with E-state index < -0.39 is 10.8 Å². The van der Waals surface area contributed by atoms with E-state index in [9.17, 15) is 4.21 Å². The van der Waals surface area contributed by atoms with Crippen molar-refractivity contribution in [2.75, 3.05) is 5.75 Å². The predicted molar refractivity (Wildman–Crippen MR) is 60.7 cm³/mol. The molecule has 1 aromatic carbocycles. The molecule has 3 heteroatoms. The Labute approximate surface area is 88.0 Å². The van der Waals surface area contributed by atoms with Gasteiger partial charge < -0.3 is 5.73 Å². The number of rotatable bonds is 4. The lowest BCUT2D eigenvalue weighted by molar-refractivity contribution is 0.668. The Morgan fingerprint density at radius 2 is 2.21 bits per heavy atom. The van der Waals surface area contributed by atoms with Crippen LogP contribution in [0.3, 0.4) is 0 Å². The largest absolute Gasteiger partial charge is 0.328 e. The second kappa shape index (κ2) is 5.27. The minimum absolute atomic E-state index is 0.128. The molecular formula is C11H17NOS. The third-order valence-corrected chi connectivity index (χ3v) is 3.40. The summed E-state index contributed by atoms with van der Waals surface area (Å²) in [6, 6.07) is 7.95. The summed E-state index contributed by atoms with van der Waals surface area (Å²) in [4.78, 5) is 0.908. The summed E-state index contributed by atoms with van der Waals surface area (Å²) in [7, 11) is -0.894. The fraction of sp³-hybridized carbons (Fsp3) is 0.455. The first-order valence-corrected chi connectivity index (χ1v) is 6.12. The second-order valence-corrected chi connectivity index (χ2v) is 5.20. The van der Waals surface area contributed by atoms with Gasteiger partial charge in [0.05, 0.1) is 10.8 Å². The fourth-order valence-electron chi connectivity index (χ4n) is 1.17. The van der Waals surface area contributed by atoms with E-state index in [1.54, 1.807) is 0 Å². The van der Waals surface area contributed by atoms with Gasteiger partial charge in [0.15, 0.2) is 0 Å². The first-order valence-electron chi connectivity index (χ1n) is 4.80. The zero-order valence-corrected chi connectivity index (χ0v) is 9.51. The Kier molecular flexibility index (Phi) is 4.29. The quantitative estimate of drug-likeness (QED) is 0.825. The molecule has 2 unspecified atom stereocenters. The van der Waals surface area contributed by atoms with Crippen molar-refractivity contribution in [3.05, 3.63) is 29.8 Å². The van der Waals surface area contributed by atoms with Gasteiger partial charge in [0, 0.05) is 16.7 Å². The molecule has 0 aromatic heterocycles. The van der Waals surface area contributed by atoms with Gasteiger partial charge in [-0.25, -0.2) is 0 Å². The molecule has 0 amide bonds. The van der Waals surface area contributed by atoms with Gasteiger partial charge in [0.25, 0.3) is 0 Å². The summed E-state index contributed by atoms with van der Waals surface area (Å²) in [5.41, 5.74) is 6.76. The van der Waals surface area contributed by atoms with E-state index in [0.29, 0.717) is 5.75 Å². The highest BCUT2D eigenvalue weighted by Gasteiger charge is 2.04. The van der Waals surface area contributed by atoms with Gasteiger partial charge in [0.2, 0.25) is 0 Å². The maximum absolute atomic E-state index is 11.8. The summed E-state index contributed by atoms with van der Waals surface area (Å²) >= 11 is 0. The zero-order chi connectivity index (χ0) is 10.6. The highest BCUT2D eigenvalue weighted by Crippen LogP contribution is 2.10. The normalized spacial score (nSPS) is 15.1. The van der Waals surface area contributed by atoms with Gasteiger partial charge in [-0.2, -0.15) is 0 Å². The third kappa shape index (κ3) is 3.60. The van der Waals surface area contributed by atoms with Crippen molar-refractivity contribution in [1.29, 1.82) is 0 Å². The molecule has 0 fully saturated rings. The monoisotopic (exact) mass is 211 g/mol. The van der Waals surface area contributed by atoms with Gasteiger partial charge in [-0.3, -0.25) is 4.21 Å². The van der Waals surface area contributed by atoms with Crippen LogP contribution in [0.15, 0.2) is 29.2 Å². The lowest BCUT2D eigenvalue weighted by atomic mass is 10.2. The topological polar surface area (TPSA) is 43.1 Å². The highest BCUT2D eigenvalue weighted by molar-refractivity contribution is 7.85. The molecule has 14 heavy (non-hydrogen) atoms. The van der Waals surface area contributed by atoms with Gasteiger partial charge in [-0.05, 0) is 38.0 Å². The molecule has 1 aromatic rings. The second-order valence-electron chi connectivity index (χ2n) is 3.63. The Bertz CT molecular complexity index is 323. The van der Waals surface area contributed by atoms with Crippen LogP contribution in [-0.2, 0) is 10.8 Å². The van der Waals surface area contributed by atoms with Crippen molar-refractivity contribution in [2.24, 2.45) is 5.73 Å². The SMILES string of the molecule is Cc1cccc(S(=O)CCC(C)N)c1. The van der Waals surface area contributed by atoms with Crippen molar-refractivity contribution in [2.45, 2.75) is 31.2 Å². The molecule has 2 atom stereocenters. The molecule has 0 saturated heterocycles. The van der Waals surface area contributed by atoms with Crippen LogP contribution >= 0.6 is 0 Å². The standard InChI is InChI=1S/C11H17NOS/c1-9-4-3-5-11(8-9)14(13)7-6-10(2)12/h3-5,8,10H,6-7,12H2,1-2H3. The summed E-state index contributed by atoms with van der Waals surface area (Å²) in [6.07, 6.45) is 0.806. The van der Waals surface area contributed by atoms with Crippen LogP contribution < -0.4 is 5.73 Å². The van der Waals surface area contributed by atoms with Crippen molar-refractivity contribution in [1.82, 2.24) is 0 Å². The van der Waals surface area contributed by atoms with Crippen LogP contribution in [0.4, 0.5) is 0 Å². The van der Waals surface area contributed by atoms with Gasteiger partial charge in [-0.1, -0.05) is 12.1 Å². The van der Waals surface area contributed by atoms with Crippen molar-refractivity contribution >= 4 is 10.8 Å². The lowest BCUT2D eigenvalue weighted by Gasteiger charge is -2.05. The van der Waals surface area contributed by atoms with E-state index in [-0.39, 0.29) is 6.04 Å². The molecule has 0 aliphatic heterocycles. The smallest absolute Gasteiger partial charge is 0.0530 e. The van der Waals surface area contributed by atoms with Crippen molar-refractivity contribution in [3.8, 4) is 0 Å². The van der Waals surface area contributed by atoms with E-state index in [1.807, 2.05) is 38.1 Å². The Hall–Kier alpha value is -0.670. The maximum atomic E-state index is 11.8. The van der Waals surface area contributed by atoms with E-state index in [4.69, 9.17) is 5.73 Å². The minimum Gasteiger partial charge on any atom is -0.328 e. The molecule has 0 radical (unpaired) electrons. The summed E-state index contributed by atoms with van der Waals surface area (Å²) in [5.74, 6) is 0.654. The highest BCUT2D eigenvalue weighted by atomic mass is 32.2. The minimum atomic E-state index is -0.894. The van der Waals surface area contributed by atoms with E-state index >= 15 is 0 Å². The van der Waals surface area contributed by atoms with Crippen LogP contribution in [0.1, 0.15) is 18.9 Å². The molecular weight excluding hydrogens is 194 g/mol. The van der Waals surface area contributed by atoms with E-state index in [1.165, 1.54) is 0 Å². The molecule has 2 nitrogen and oxygen atoms in total. The number of benzene rings is 1. The molecule has 0 aliphatic carbocycles. The van der Waals surface area contributed by atoms with Crippen LogP contribution in [0.25, 0.3) is 0 Å². The molecule has 0 spiro atoms. The van der Waals surface area contributed by atoms with Crippen LogP contribution in [-0.4, -0.2) is 16.0 Å². The summed E-state index contributed by atoms with van der Waals surface area (Å²) in [6.45, 7) is 3.94. The Balaban J connectivity index is 2.61. The lowest BCUT2D eigenvalue weighted by Crippen LogP contribution is -2.17. The molecule has 0 bridgehead atoms. The first-order chi connectivity index (χ1) is 6.59.